The summed E-state index contributed by atoms with van der Waals surface area (Å²) in [6.07, 6.45) is 10.1. The Kier molecular flexibility index (Phi) is 4.74. The summed E-state index contributed by atoms with van der Waals surface area (Å²) in [5.41, 5.74) is 5.51. The molecule has 94 valence electrons. The summed E-state index contributed by atoms with van der Waals surface area (Å²) in [6, 6.07) is 1.90. The maximum absolute atomic E-state index is 5.51. The van der Waals surface area contributed by atoms with Gasteiger partial charge in [0.05, 0.1) is 6.54 Å². The van der Waals surface area contributed by atoms with Crippen LogP contribution >= 0.6 is 0 Å². The fourth-order valence-corrected chi connectivity index (χ4v) is 2.48. The van der Waals surface area contributed by atoms with Gasteiger partial charge in [-0.05, 0) is 18.4 Å². The maximum Gasteiger partial charge on any atom is 0.144 e. The standard InChI is InChI=1S/C13H22N4/c14-10-13-16-9-7-12(17-13)15-8-6-11-4-2-1-3-5-11/h7,9,11H,1-6,8,10,14H2,(H,15,16,17). The van der Waals surface area contributed by atoms with Crippen molar-refractivity contribution in [2.45, 2.75) is 45.1 Å². The lowest BCUT2D eigenvalue weighted by atomic mass is 9.87. The minimum absolute atomic E-state index is 0.401. The Hall–Kier alpha value is -1.16. The molecule has 0 atom stereocenters. The second-order valence-corrected chi connectivity index (χ2v) is 4.78. The minimum Gasteiger partial charge on any atom is -0.370 e. The van der Waals surface area contributed by atoms with Crippen LogP contribution in [0.4, 0.5) is 5.82 Å². The molecule has 4 nitrogen and oxygen atoms in total. The van der Waals surface area contributed by atoms with Crippen LogP contribution in [0.25, 0.3) is 0 Å². The predicted molar refractivity (Wildman–Crippen MR) is 69.6 cm³/mol. The molecule has 0 spiro atoms. The number of nitrogens with zero attached hydrogens (tertiary/aromatic N) is 2. The Morgan fingerprint density at radius 3 is 2.88 bits per heavy atom. The van der Waals surface area contributed by atoms with E-state index in [1.54, 1.807) is 6.20 Å². The van der Waals surface area contributed by atoms with Gasteiger partial charge < -0.3 is 11.1 Å². The third-order valence-electron chi connectivity index (χ3n) is 3.47. The van der Waals surface area contributed by atoms with Crippen LogP contribution in [0, 0.1) is 5.92 Å². The summed E-state index contributed by atoms with van der Waals surface area (Å²) in [5.74, 6) is 2.51. The van der Waals surface area contributed by atoms with Crippen molar-refractivity contribution in [2.24, 2.45) is 11.7 Å². The van der Waals surface area contributed by atoms with E-state index >= 15 is 0 Å². The van der Waals surface area contributed by atoms with E-state index in [0.29, 0.717) is 12.4 Å². The first kappa shape index (κ1) is 12.3. The van der Waals surface area contributed by atoms with Gasteiger partial charge in [-0.3, -0.25) is 0 Å². The third kappa shape index (κ3) is 3.97. The van der Waals surface area contributed by atoms with Crippen LogP contribution in [-0.4, -0.2) is 16.5 Å². The van der Waals surface area contributed by atoms with E-state index in [9.17, 15) is 0 Å². The van der Waals surface area contributed by atoms with Crippen molar-refractivity contribution in [2.75, 3.05) is 11.9 Å². The highest BCUT2D eigenvalue weighted by atomic mass is 15.0. The van der Waals surface area contributed by atoms with Gasteiger partial charge in [-0.1, -0.05) is 32.1 Å². The highest BCUT2D eigenvalue weighted by Crippen LogP contribution is 2.26. The monoisotopic (exact) mass is 234 g/mol. The van der Waals surface area contributed by atoms with Crippen LogP contribution in [0.3, 0.4) is 0 Å². The number of rotatable bonds is 5. The van der Waals surface area contributed by atoms with Gasteiger partial charge >= 0.3 is 0 Å². The molecule has 17 heavy (non-hydrogen) atoms. The summed E-state index contributed by atoms with van der Waals surface area (Å²) in [6.45, 7) is 1.41. The van der Waals surface area contributed by atoms with Gasteiger partial charge in [0.15, 0.2) is 0 Å². The quantitative estimate of drug-likeness (QED) is 0.820. The zero-order valence-electron chi connectivity index (χ0n) is 10.4. The van der Waals surface area contributed by atoms with Gasteiger partial charge in [0, 0.05) is 12.7 Å². The lowest BCUT2D eigenvalue weighted by molar-refractivity contribution is 0.345. The summed E-state index contributed by atoms with van der Waals surface area (Å²) < 4.78 is 0. The fraction of sp³-hybridized carbons (Fsp3) is 0.692. The van der Waals surface area contributed by atoms with Gasteiger partial charge in [-0.25, -0.2) is 9.97 Å². The Balaban J connectivity index is 1.73. The van der Waals surface area contributed by atoms with Crippen molar-refractivity contribution in [3.05, 3.63) is 18.1 Å². The molecule has 1 saturated carbocycles. The first-order valence-electron chi connectivity index (χ1n) is 6.64. The Morgan fingerprint density at radius 2 is 2.12 bits per heavy atom. The summed E-state index contributed by atoms with van der Waals surface area (Å²) >= 11 is 0. The Labute approximate surface area is 103 Å². The molecule has 0 aromatic carbocycles. The van der Waals surface area contributed by atoms with Crippen molar-refractivity contribution in [3.8, 4) is 0 Å². The number of aromatic nitrogens is 2. The zero-order chi connectivity index (χ0) is 11.9. The van der Waals surface area contributed by atoms with Crippen LogP contribution in [0.1, 0.15) is 44.3 Å². The van der Waals surface area contributed by atoms with E-state index in [4.69, 9.17) is 5.73 Å². The highest BCUT2D eigenvalue weighted by Gasteiger charge is 2.12. The lowest BCUT2D eigenvalue weighted by Crippen LogP contribution is -2.13. The van der Waals surface area contributed by atoms with E-state index in [1.807, 2.05) is 6.07 Å². The van der Waals surface area contributed by atoms with Crippen molar-refractivity contribution in [3.63, 3.8) is 0 Å². The molecular formula is C13H22N4. The molecule has 0 radical (unpaired) electrons. The van der Waals surface area contributed by atoms with Crippen LogP contribution < -0.4 is 11.1 Å². The Morgan fingerprint density at radius 1 is 1.29 bits per heavy atom. The highest BCUT2D eigenvalue weighted by molar-refractivity contribution is 5.32. The second kappa shape index (κ2) is 6.55. The summed E-state index contributed by atoms with van der Waals surface area (Å²) in [7, 11) is 0. The van der Waals surface area contributed by atoms with Crippen molar-refractivity contribution >= 4 is 5.82 Å². The molecule has 2 rings (SSSR count). The Bertz CT molecular complexity index is 334. The van der Waals surface area contributed by atoms with Crippen molar-refractivity contribution in [1.29, 1.82) is 0 Å². The molecule has 4 heteroatoms. The maximum atomic E-state index is 5.51. The number of hydrogen-bond acceptors (Lipinski definition) is 4. The van der Waals surface area contributed by atoms with E-state index in [2.05, 4.69) is 15.3 Å². The largest absolute Gasteiger partial charge is 0.370 e. The first-order valence-corrected chi connectivity index (χ1v) is 6.64. The molecule has 0 unspecified atom stereocenters. The van der Waals surface area contributed by atoms with Gasteiger partial charge in [0.2, 0.25) is 0 Å². The van der Waals surface area contributed by atoms with Crippen LogP contribution in [0.5, 0.6) is 0 Å². The fourth-order valence-electron chi connectivity index (χ4n) is 2.48. The zero-order valence-corrected chi connectivity index (χ0v) is 10.4. The second-order valence-electron chi connectivity index (χ2n) is 4.78. The van der Waals surface area contributed by atoms with E-state index in [-0.39, 0.29) is 0 Å². The predicted octanol–water partition coefficient (Wildman–Crippen LogP) is 2.32. The SMILES string of the molecule is NCc1nccc(NCCC2CCCCC2)n1. The number of nitrogens with one attached hydrogen (secondary N) is 1. The molecule has 0 amide bonds. The van der Waals surface area contributed by atoms with Crippen LogP contribution in [0.15, 0.2) is 12.3 Å². The average molecular weight is 234 g/mol. The summed E-state index contributed by atoms with van der Waals surface area (Å²) in [5, 5.41) is 3.36. The number of anilines is 1. The van der Waals surface area contributed by atoms with E-state index in [0.717, 1.165) is 18.3 Å². The smallest absolute Gasteiger partial charge is 0.144 e. The van der Waals surface area contributed by atoms with Gasteiger partial charge in [0.1, 0.15) is 11.6 Å². The molecule has 1 aliphatic carbocycles. The van der Waals surface area contributed by atoms with Crippen molar-refractivity contribution in [1.82, 2.24) is 9.97 Å². The third-order valence-corrected chi connectivity index (χ3v) is 3.47. The van der Waals surface area contributed by atoms with Crippen LogP contribution in [-0.2, 0) is 6.54 Å². The van der Waals surface area contributed by atoms with Gasteiger partial charge in [-0.2, -0.15) is 0 Å². The van der Waals surface area contributed by atoms with E-state index in [1.165, 1.54) is 38.5 Å². The molecule has 1 aromatic heterocycles. The normalized spacial score (nSPS) is 17.0. The molecular weight excluding hydrogens is 212 g/mol. The molecule has 3 N–H and O–H groups in total. The molecule has 1 aromatic rings. The van der Waals surface area contributed by atoms with Crippen LogP contribution in [0.2, 0.25) is 0 Å². The van der Waals surface area contributed by atoms with Gasteiger partial charge in [-0.15, -0.1) is 0 Å². The van der Waals surface area contributed by atoms with E-state index < -0.39 is 0 Å². The molecule has 0 aliphatic heterocycles. The number of nitrogens with two attached hydrogens (primary N) is 1. The first-order chi connectivity index (χ1) is 8.38. The lowest BCUT2D eigenvalue weighted by Gasteiger charge is -2.21. The van der Waals surface area contributed by atoms with Crippen molar-refractivity contribution < 1.29 is 0 Å². The van der Waals surface area contributed by atoms with Gasteiger partial charge in [0.25, 0.3) is 0 Å². The summed E-state index contributed by atoms with van der Waals surface area (Å²) in [4.78, 5) is 8.41. The molecule has 1 fully saturated rings. The topological polar surface area (TPSA) is 63.8 Å². The molecule has 0 bridgehead atoms. The number of hydrogen-bond donors (Lipinski definition) is 2. The molecule has 1 heterocycles. The average Bonchev–Trinajstić information content (AvgIpc) is 2.40. The minimum atomic E-state index is 0.401. The molecule has 0 saturated heterocycles. The molecule has 1 aliphatic rings.